The number of carbonyl (C=O) groups is 1. The summed E-state index contributed by atoms with van der Waals surface area (Å²) in [4.78, 5) is 11.1. The average Bonchev–Trinajstić information content (AvgIpc) is 2.43. The molecule has 1 saturated carbocycles. The zero-order valence-corrected chi connectivity index (χ0v) is 10.7. The predicted molar refractivity (Wildman–Crippen MR) is 63.0 cm³/mol. The molecule has 2 nitrogen and oxygen atoms in total. The van der Waals surface area contributed by atoms with Gasteiger partial charge in [-0.25, -0.2) is 0 Å². The van der Waals surface area contributed by atoms with Crippen molar-refractivity contribution in [2.75, 3.05) is 5.75 Å². The smallest absolute Gasteiger partial charge is 0.307 e. The van der Waals surface area contributed by atoms with Gasteiger partial charge in [-0.15, -0.1) is 0 Å². The van der Waals surface area contributed by atoms with Gasteiger partial charge in [0.1, 0.15) is 0 Å². The van der Waals surface area contributed by atoms with E-state index < -0.39 is 5.97 Å². The Morgan fingerprint density at radius 1 is 1.33 bits per heavy atom. The fraction of sp³-hybridized carbons (Fsp3) is 0.917. The lowest BCUT2D eigenvalue weighted by atomic mass is 9.85. The number of thioether (sulfide) groups is 1. The van der Waals surface area contributed by atoms with E-state index in [9.17, 15) is 9.90 Å². The van der Waals surface area contributed by atoms with Crippen LogP contribution in [0.4, 0.5) is 0 Å². The summed E-state index contributed by atoms with van der Waals surface area (Å²) in [5.41, 5.74) is 0.0126. The molecule has 0 radical (unpaired) electrons. The monoisotopic (exact) mass is 228 g/mol. The number of carboxylic acids is 1. The number of rotatable bonds is 2. The molecule has 2 aliphatic rings. The van der Waals surface area contributed by atoms with Crippen LogP contribution in [0, 0.1) is 23.2 Å². The van der Waals surface area contributed by atoms with E-state index in [0.29, 0.717) is 11.8 Å². The van der Waals surface area contributed by atoms with Crippen LogP contribution in [0.5, 0.6) is 0 Å². The van der Waals surface area contributed by atoms with Crippen LogP contribution >= 0.6 is 11.8 Å². The van der Waals surface area contributed by atoms with Gasteiger partial charge in [0.25, 0.3) is 0 Å². The van der Waals surface area contributed by atoms with E-state index in [1.807, 2.05) is 11.8 Å². The lowest BCUT2D eigenvalue weighted by Gasteiger charge is -2.27. The van der Waals surface area contributed by atoms with Gasteiger partial charge in [0.05, 0.1) is 5.92 Å². The van der Waals surface area contributed by atoms with Crippen LogP contribution < -0.4 is 0 Å². The molecular weight excluding hydrogens is 208 g/mol. The molecule has 3 atom stereocenters. The Kier molecular flexibility index (Phi) is 2.38. The van der Waals surface area contributed by atoms with Gasteiger partial charge in [-0.1, -0.05) is 27.7 Å². The van der Waals surface area contributed by atoms with E-state index in [2.05, 4.69) is 27.7 Å². The summed E-state index contributed by atoms with van der Waals surface area (Å²) >= 11 is 2.00. The Morgan fingerprint density at radius 2 is 1.93 bits per heavy atom. The van der Waals surface area contributed by atoms with Gasteiger partial charge >= 0.3 is 5.97 Å². The minimum atomic E-state index is -0.599. The van der Waals surface area contributed by atoms with Crippen molar-refractivity contribution in [1.82, 2.24) is 0 Å². The van der Waals surface area contributed by atoms with Gasteiger partial charge in [0.2, 0.25) is 0 Å². The molecule has 0 amide bonds. The van der Waals surface area contributed by atoms with E-state index in [-0.39, 0.29) is 16.1 Å². The first kappa shape index (κ1) is 11.3. The van der Waals surface area contributed by atoms with Crippen LogP contribution in [-0.4, -0.2) is 21.6 Å². The van der Waals surface area contributed by atoms with Crippen molar-refractivity contribution < 1.29 is 9.90 Å². The maximum atomic E-state index is 11.1. The summed E-state index contributed by atoms with van der Waals surface area (Å²) < 4.78 is 0.270. The largest absolute Gasteiger partial charge is 0.481 e. The molecule has 0 aromatic rings. The molecule has 1 aliphatic carbocycles. The fourth-order valence-corrected chi connectivity index (χ4v) is 4.79. The third-order valence-corrected chi connectivity index (χ3v) is 5.89. The summed E-state index contributed by atoms with van der Waals surface area (Å²) in [7, 11) is 0. The molecular formula is C12H20O2S. The Labute approximate surface area is 95.8 Å². The van der Waals surface area contributed by atoms with Crippen molar-refractivity contribution >= 4 is 17.7 Å². The Hall–Kier alpha value is -0.180. The second kappa shape index (κ2) is 3.16. The van der Waals surface area contributed by atoms with Gasteiger partial charge in [0.15, 0.2) is 0 Å². The molecule has 1 unspecified atom stereocenters. The quantitative estimate of drug-likeness (QED) is 0.789. The highest BCUT2D eigenvalue weighted by atomic mass is 32.2. The molecule has 15 heavy (non-hydrogen) atoms. The third kappa shape index (κ3) is 1.59. The molecule has 0 aromatic heterocycles. The van der Waals surface area contributed by atoms with Crippen molar-refractivity contribution in [1.29, 1.82) is 0 Å². The molecule has 3 heteroatoms. The Bertz CT molecular complexity index is 296. The maximum Gasteiger partial charge on any atom is 0.307 e. The molecule has 1 saturated heterocycles. The Balaban J connectivity index is 2.17. The topological polar surface area (TPSA) is 37.3 Å². The molecule has 0 bridgehead atoms. The van der Waals surface area contributed by atoms with Crippen molar-refractivity contribution in [3.63, 3.8) is 0 Å². The first-order valence-corrected chi connectivity index (χ1v) is 6.64. The van der Waals surface area contributed by atoms with E-state index >= 15 is 0 Å². The van der Waals surface area contributed by atoms with Crippen molar-refractivity contribution in [2.45, 2.75) is 38.9 Å². The number of aliphatic carboxylic acids is 1. The third-order valence-electron chi connectivity index (χ3n) is 4.41. The minimum Gasteiger partial charge on any atom is -0.481 e. The predicted octanol–water partition coefficient (Wildman–Crippen LogP) is 2.87. The summed E-state index contributed by atoms with van der Waals surface area (Å²) in [5.74, 6) is 1.45. The van der Waals surface area contributed by atoms with Gasteiger partial charge in [-0.05, 0) is 29.4 Å². The maximum absolute atomic E-state index is 11.1. The van der Waals surface area contributed by atoms with Crippen molar-refractivity contribution in [3.05, 3.63) is 0 Å². The van der Waals surface area contributed by atoms with Crippen LogP contribution in [0.25, 0.3) is 0 Å². The molecule has 2 rings (SSSR count). The number of carboxylic acid groups (broad SMARTS) is 1. The number of hydrogen-bond donors (Lipinski definition) is 1. The van der Waals surface area contributed by atoms with Gasteiger partial charge in [-0.3, -0.25) is 4.79 Å². The van der Waals surface area contributed by atoms with Crippen molar-refractivity contribution in [2.24, 2.45) is 23.2 Å². The summed E-state index contributed by atoms with van der Waals surface area (Å²) in [6.07, 6.45) is 1.19. The van der Waals surface area contributed by atoms with Crippen LogP contribution in [0.15, 0.2) is 0 Å². The highest BCUT2D eigenvalue weighted by molar-refractivity contribution is 8.00. The summed E-state index contributed by atoms with van der Waals surface area (Å²) in [6.45, 7) is 8.75. The van der Waals surface area contributed by atoms with Crippen LogP contribution in [0.1, 0.15) is 34.1 Å². The summed E-state index contributed by atoms with van der Waals surface area (Å²) in [6, 6.07) is 0. The Morgan fingerprint density at radius 3 is 2.27 bits per heavy atom. The molecule has 1 N–H and O–H groups in total. The molecule has 1 heterocycles. The SMILES string of the molecule is CC1(C)SCCC1[C@@H]1[C@@H](C(=O)O)C1(C)C. The molecule has 0 aromatic carbocycles. The zero-order chi connectivity index (χ0) is 11.4. The molecule has 0 spiro atoms. The normalized spacial score (nSPS) is 41.5. The summed E-state index contributed by atoms with van der Waals surface area (Å²) in [5, 5.41) is 9.18. The van der Waals surface area contributed by atoms with Crippen LogP contribution in [0.3, 0.4) is 0 Å². The van der Waals surface area contributed by atoms with Gasteiger partial charge < -0.3 is 5.11 Å². The van der Waals surface area contributed by atoms with Gasteiger partial charge in [-0.2, -0.15) is 11.8 Å². The second-order valence-electron chi connectivity index (χ2n) is 6.01. The van der Waals surface area contributed by atoms with E-state index in [1.54, 1.807) is 0 Å². The minimum absolute atomic E-state index is 0.0126. The zero-order valence-electron chi connectivity index (χ0n) is 9.91. The van der Waals surface area contributed by atoms with Gasteiger partial charge in [0, 0.05) is 4.75 Å². The fourth-order valence-electron chi connectivity index (χ4n) is 3.42. The van der Waals surface area contributed by atoms with Crippen LogP contribution in [0.2, 0.25) is 0 Å². The first-order valence-electron chi connectivity index (χ1n) is 5.65. The highest BCUT2D eigenvalue weighted by Gasteiger charge is 2.67. The van der Waals surface area contributed by atoms with E-state index in [1.165, 1.54) is 12.2 Å². The van der Waals surface area contributed by atoms with E-state index in [4.69, 9.17) is 0 Å². The molecule has 86 valence electrons. The van der Waals surface area contributed by atoms with E-state index in [0.717, 1.165) is 0 Å². The molecule has 1 aliphatic heterocycles. The van der Waals surface area contributed by atoms with Crippen LogP contribution in [-0.2, 0) is 4.79 Å². The standard InChI is InChI=1S/C12H20O2S/c1-11(2)8(9(11)10(13)14)7-5-6-15-12(7,3)4/h7-9H,5-6H2,1-4H3,(H,13,14)/t7?,8-,9+/m1/s1. The highest BCUT2D eigenvalue weighted by Crippen LogP contribution is 2.67. The lowest BCUT2D eigenvalue weighted by Crippen LogP contribution is -2.26. The second-order valence-corrected chi connectivity index (χ2v) is 7.76. The lowest BCUT2D eigenvalue weighted by molar-refractivity contribution is -0.139. The average molecular weight is 228 g/mol. The first-order chi connectivity index (χ1) is 6.78. The van der Waals surface area contributed by atoms with Crippen molar-refractivity contribution in [3.8, 4) is 0 Å². The molecule has 2 fully saturated rings. The number of hydrogen-bond acceptors (Lipinski definition) is 2.